The van der Waals surface area contributed by atoms with Gasteiger partial charge in [0.1, 0.15) is 5.75 Å². The number of methoxy groups -OCH3 is 1. The number of benzene rings is 1. The van der Waals surface area contributed by atoms with Crippen LogP contribution < -0.4 is 10.1 Å². The topological polar surface area (TPSA) is 21.3 Å². The lowest BCUT2D eigenvalue weighted by Gasteiger charge is -2.13. The molecule has 1 rings (SSSR count). The molecule has 2 nitrogen and oxygen atoms in total. The van der Waals surface area contributed by atoms with Gasteiger partial charge in [-0.1, -0.05) is 6.08 Å². The number of ether oxygens (including phenoxy) is 1. The van der Waals surface area contributed by atoms with Crippen molar-refractivity contribution in [3.63, 3.8) is 0 Å². The van der Waals surface area contributed by atoms with E-state index in [-0.39, 0.29) is 0 Å². The van der Waals surface area contributed by atoms with Crippen LogP contribution in [0.4, 0.5) is 0 Å². The summed E-state index contributed by atoms with van der Waals surface area (Å²) in [6.45, 7) is 6.71. The van der Waals surface area contributed by atoms with Crippen molar-refractivity contribution in [1.82, 2.24) is 5.32 Å². The zero-order valence-corrected chi connectivity index (χ0v) is 13.3. The minimum Gasteiger partial charge on any atom is -0.494 e. The van der Waals surface area contributed by atoms with Crippen LogP contribution in [-0.4, -0.2) is 13.2 Å². The summed E-state index contributed by atoms with van der Waals surface area (Å²) in [5, 5.41) is 3.44. The fraction of sp³-hybridized carbons (Fsp3) is 0.385. The van der Waals surface area contributed by atoms with Crippen LogP contribution in [0.25, 0.3) is 0 Å². The molecule has 0 spiro atoms. The van der Waals surface area contributed by atoms with Crippen molar-refractivity contribution in [2.75, 3.05) is 7.11 Å². The van der Waals surface area contributed by atoms with E-state index in [1.54, 1.807) is 7.11 Å². The molecule has 4 heteroatoms. The van der Waals surface area contributed by atoms with Gasteiger partial charge in [-0.15, -0.1) is 6.58 Å². The zero-order valence-electron chi connectivity index (χ0n) is 10.1. The standard InChI is InChI=1S/C13H17Br2NO/c1-4-5-9(2)16-8-10-6-11(14)13(17-3)12(15)7-10/h4,6-7,9,16H,1,5,8H2,2-3H3. The molecule has 1 atom stereocenters. The van der Waals surface area contributed by atoms with Crippen LogP contribution in [-0.2, 0) is 6.54 Å². The monoisotopic (exact) mass is 361 g/mol. The molecule has 1 aromatic carbocycles. The van der Waals surface area contributed by atoms with Gasteiger partial charge < -0.3 is 10.1 Å². The third kappa shape index (κ3) is 4.45. The fourth-order valence-electron chi connectivity index (χ4n) is 1.53. The third-order valence-corrected chi connectivity index (χ3v) is 3.62. The van der Waals surface area contributed by atoms with Gasteiger partial charge in [0.05, 0.1) is 16.1 Å². The van der Waals surface area contributed by atoms with Crippen molar-refractivity contribution < 1.29 is 4.74 Å². The Morgan fingerprint density at radius 1 is 1.41 bits per heavy atom. The number of nitrogens with one attached hydrogen (secondary N) is 1. The maximum Gasteiger partial charge on any atom is 0.147 e. The Labute approximate surface area is 120 Å². The first-order valence-corrected chi connectivity index (χ1v) is 7.03. The minimum absolute atomic E-state index is 0.437. The maximum absolute atomic E-state index is 5.27. The summed E-state index contributed by atoms with van der Waals surface area (Å²) >= 11 is 6.99. The predicted octanol–water partition coefficient (Wildman–Crippen LogP) is 4.27. The number of halogens is 2. The lowest BCUT2D eigenvalue weighted by Crippen LogP contribution is -2.24. The molecule has 94 valence electrons. The van der Waals surface area contributed by atoms with Crippen LogP contribution in [0.2, 0.25) is 0 Å². The molecule has 0 aliphatic carbocycles. The smallest absolute Gasteiger partial charge is 0.147 e. The molecule has 0 aromatic heterocycles. The lowest BCUT2D eigenvalue weighted by atomic mass is 10.2. The van der Waals surface area contributed by atoms with Gasteiger partial charge in [-0.25, -0.2) is 0 Å². The minimum atomic E-state index is 0.437. The number of rotatable bonds is 6. The highest BCUT2D eigenvalue weighted by Gasteiger charge is 2.08. The van der Waals surface area contributed by atoms with E-state index in [9.17, 15) is 0 Å². The van der Waals surface area contributed by atoms with Gasteiger partial charge in [0, 0.05) is 12.6 Å². The summed E-state index contributed by atoms with van der Waals surface area (Å²) in [6, 6.07) is 4.57. The van der Waals surface area contributed by atoms with Crippen LogP contribution >= 0.6 is 31.9 Å². The molecule has 1 N–H and O–H groups in total. The molecule has 0 saturated heterocycles. The highest BCUT2D eigenvalue weighted by atomic mass is 79.9. The Bertz CT molecular complexity index is 370. The molecule has 1 aromatic rings. The molecular weight excluding hydrogens is 346 g/mol. The van der Waals surface area contributed by atoms with Gasteiger partial charge in [0.25, 0.3) is 0 Å². The lowest BCUT2D eigenvalue weighted by molar-refractivity contribution is 0.409. The van der Waals surface area contributed by atoms with E-state index in [1.165, 1.54) is 5.56 Å². The van der Waals surface area contributed by atoms with Crippen molar-refractivity contribution in [2.45, 2.75) is 25.9 Å². The molecule has 0 amide bonds. The van der Waals surface area contributed by atoms with E-state index in [2.05, 4.69) is 62.8 Å². The summed E-state index contributed by atoms with van der Waals surface area (Å²) in [5.74, 6) is 0.827. The van der Waals surface area contributed by atoms with Gasteiger partial charge in [-0.3, -0.25) is 0 Å². The number of hydrogen-bond acceptors (Lipinski definition) is 2. The Morgan fingerprint density at radius 3 is 2.47 bits per heavy atom. The normalized spacial score (nSPS) is 12.2. The van der Waals surface area contributed by atoms with Crippen molar-refractivity contribution in [3.8, 4) is 5.75 Å². The van der Waals surface area contributed by atoms with Gasteiger partial charge in [-0.2, -0.15) is 0 Å². The zero-order chi connectivity index (χ0) is 12.8. The average molecular weight is 363 g/mol. The van der Waals surface area contributed by atoms with E-state index in [0.717, 1.165) is 27.7 Å². The SMILES string of the molecule is C=CCC(C)NCc1cc(Br)c(OC)c(Br)c1. The highest BCUT2D eigenvalue weighted by molar-refractivity contribution is 9.11. The first-order valence-electron chi connectivity index (χ1n) is 5.44. The second-order valence-electron chi connectivity index (χ2n) is 3.90. The van der Waals surface area contributed by atoms with Crippen LogP contribution in [0.5, 0.6) is 5.75 Å². The molecular formula is C13H17Br2NO. The van der Waals surface area contributed by atoms with E-state index >= 15 is 0 Å². The Balaban J connectivity index is 2.70. The molecule has 0 radical (unpaired) electrons. The Morgan fingerprint density at radius 2 is 2.00 bits per heavy atom. The first kappa shape index (κ1) is 14.7. The Kier molecular flexibility index (Phi) is 6.23. The summed E-state index contributed by atoms with van der Waals surface area (Å²) in [4.78, 5) is 0. The largest absolute Gasteiger partial charge is 0.494 e. The fourth-order valence-corrected chi connectivity index (χ4v) is 3.14. The maximum atomic E-state index is 5.27. The summed E-state index contributed by atoms with van der Waals surface area (Å²) in [6.07, 6.45) is 2.90. The predicted molar refractivity (Wildman–Crippen MR) is 79.5 cm³/mol. The molecule has 0 aliphatic rings. The van der Waals surface area contributed by atoms with Gasteiger partial charge in [0.2, 0.25) is 0 Å². The van der Waals surface area contributed by atoms with Crippen LogP contribution in [0.1, 0.15) is 18.9 Å². The van der Waals surface area contributed by atoms with E-state index < -0.39 is 0 Å². The third-order valence-electron chi connectivity index (χ3n) is 2.44. The van der Waals surface area contributed by atoms with E-state index in [4.69, 9.17) is 4.74 Å². The van der Waals surface area contributed by atoms with Crippen LogP contribution in [0.15, 0.2) is 33.7 Å². The summed E-state index contributed by atoms with van der Waals surface area (Å²) in [7, 11) is 1.66. The summed E-state index contributed by atoms with van der Waals surface area (Å²) in [5.41, 5.74) is 1.21. The quantitative estimate of drug-likeness (QED) is 0.763. The molecule has 0 saturated carbocycles. The summed E-state index contributed by atoms with van der Waals surface area (Å²) < 4.78 is 7.19. The van der Waals surface area contributed by atoms with E-state index in [1.807, 2.05) is 6.08 Å². The second-order valence-corrected chi connectivity index (χ2v) is 5.61. The molecule has 0 aliphatic heterocycles. The number of hydrogen-bond donors (Lipinski definition) is 1. The van der Waals surface area contributed by atoms with Crippen LogP contribution in [0, 0.1) is 0 Å². The van der Waals surface area contributed by atoms with Gasteiger partial charge >= 0.3 is 0 Å². The van der Waals surface area contributed by atoms with Crippen LogP contribution in [0.3, 0.4) is 0 Å². The molecule has 0 bridgehead atoms. The average Bonchev–Trinajstić information content (AvgIpc) is 2.26. The van der Waals surface area contributed by atoms with E-state index in [0.29, 0.717) is 6.04 Å². The van der Waals surface area contributed by atoms with Crippen molar-refractivity contribution in [3.05, 3.63) is 39.3 Å². The van der Waals surface area contributed by atoms with Crippen molar-refractivity contribution >= 4 is 31.9 Å². The molecule has 0 fully saturated rings. The van der Waals surface area contributed by atoms with Gasteiger partial charge in [-0.05, 0) is 62.9 Å². The van der Waals surface area contributed by atoms with Crippen molar-refractivity contribution in [2.24, 2.45) is 0 Å². The molecule has 0 heterocycles. The molecule has 17 heavy (non-hydrogen) atoms. The highest BCUT2D eigenvalue weighted by Crippen LogP contribution is 2.34. The first-order chi connectivity index (χ1) is 8.08. The molecule has 1 unspecified atom stereocenters. The Hall–Kier alpha value is -0.320. The van der Waals surface area contributed by atoms with Gasteiger partial charge in [0.15, 0.2) is 0 Å². The van der Waals surface area contributed by atoms with Crippen molar-refractivity contribution in [1.29, 1.82) is 0 Å². The second kappa shape index (κ2) is 7.19.